The first-order valence-corrected chi connectivity index (χ1v) is 8.31. The normalized spacial score (nSPS) is 21.1. The number of hydrogen-bond donors (Lipinski definition) is 3. The Labute approximate surface area is 141 Å². The van der Waals surface area contributed by atoms with Crippen LogP contribution in [0, 0.1) is 11.7 Å². The minimum atomic E-state index is -0.751. The third kappa shape index (κ3) is 4.94. The molecule has 0 atom stereocenters. The number of rotatable bonds is 5. The zero-order valence-corrected chi connectivity index (χ0v) is 14.1. The number of carbonyl (C=O) groups is 2. The van der Waals surface area contributed by atoms with Crippen molar-refractivity contribution in [2.75, 3.05) is 6.54 Å². The Hall–Kier alpha value is -2.11. The summed E-state index contributed by atoms with van der Waals surface area (Å²) in [5, 5.41) is 14.7. The van der Waals surface area contributed by atoms with Gasteiger partial charge in [0.25, 0.3) is 0 Å². The molecule has 6 heteroatoms. The molecule has 1 aromatic rings. The zero-order chi connectivity index (χ0) is 17.7. The van der Waals surface area contributed by atoms with E-state index in [9.17, 15) is 14.0 Å². The van der Waals surface area contributed by atoms with E-state index in [1.165, 1.54) is 12.1 Å². The molecule has 2 amide bonds. The van der Waals surface area contributed by atoms with E-state index in [1.54, 1.807) is 12.1 Å². The van der Waals surface area contributed by atoms with Crippen molar-refractivity contribution >= 4 is 12.0 Å². The molecule has 5 nitrogen and oxygen atoms in total. The van der Waals surface area contributed by atoms with Gasteiger partial charge in [0.15, 0.2) is 0 Å². The van der Waals surface area contributed by atoms with Gasteiger partial charge in [-0.3, -0.25) is 4.79 Å². The lowest BCUT2D eigenvalue weighted by Crippen LogP contribution is -2.47. The SMILES string of the molecule is CC(C)(CNC(=O)NC1CCC(C(=O)O)CC1)c1ccc(F)cc1. The summed E-state index contributed by atoms with van der Waals surface area (Å²) in [5.41, 5.74) is 0.637. The van der Waals surface area contributed by atoms with Crippen LogP contribution in [0.3, 0.4) is 0 Å². The molecule has 0 saturated heterocycles. The van der Waals surface area contributed by atoms with Crippen molar-refractivity contribution in [2.45, 2.75) is 51.0 Å². The van der Waals surface area contributed by atoms with Gasteiger partial charge in [0.1, 0.15) is 5.82 Å². The minimum absolute atomic E-state index is 0.0227. The molecule has 1 aliphatic rings. The van der Waals surface area contributed by atoms with Crippen LogP contribution in [0.25, 0.3) is 0 Å². The van der Waals surface area contributed by atoms with Crippen LogP contribution in [0.4, 0.5) is 9.18 Å². The number of carboxylic acids is 1. The second-order valence-corrected chi connectivity index (χ2v) is 7.10. The fraction of sp³-hybridized carbons (Fsp3) is 0.556. The number of nitrogens with one attached hydrogen (secondary N) is 2. The van der Waals surface area contributed by atoms with Gasteiger partial charge in [0, 0.05) is 18.0 Å². The summed E-state index contributed by atoms with van der Waals surface area (Å²) in [4.78, 5) is 23.0. The summed E-state index contributed by atoms with van der Waals surface area (Å²) < 4.78 is 13.0. The number of aliphatic carboxylic acids is 1. The molecule has 2 rings (SSSR count). The average molecular weight is 336 g/mol. The van der Waals surface area contributed by atoms with Gasteiger partial charge in [-0.05, 0) is 43.4 Å². The van der Waals surface area contributed by atoms with E-state index < -0.39 is 5.97 Å². The van der Waals surface area contributed by atoms with Crippen LogP contribution in [0.5, 0.6) is 0 Å². The number of hydrogen-bond acceptors (Lipinski definition) is 2. The highest BCUT2D eigenvalue weighted by Crippen LogP contribution is 2.25. The Kier molecular flexibility index (Phi) is 5.80. The summed E-state index contributed by atoms with van der Waals surface area (Å²) in [6.45, 7) is 4.39. The van der Waals surface area contributed by atoms with Crippen LogP contribution in [0.2, 0.25) is 0 Å². The first kappa shape index (κ1) is 18.2. The molecule has 0 heterocycles. The van der Waals surface area contributed by atoms with Crippen molar-refractivity contribution in [2.24, 2.45) is 5.92 Å². The molecule has 1 aliphatic carbocycles. The third-order valence-electron chi connectivity index (χ3n) is 4.73. The highest BCUT2D eigenvalue weighted by atomic mass is 19.1. The molecule has 24 heavy (non-hydrogen) atoms. The van der Waals surface area contributed by atoms with Crippen molar-refractivity contribution in [3.8, 4) is 0 Å². The molecule has 0 aromatic heterocycles. The van der Waals surface area contributed by atoms with Gasteiger partial charge in [-0.15, -0.1) is 0 Å². The maximum atomic E-state index is 13.0. The highest BCUT2D eigenvalue weighted by molar-refractivity contribution is 5.74. The van der Waals surface area contributed by atoms with Gasteiger partial charge in [0.05, 0.1) is 5.92 Å². The highest BCUT2D eigenvalue weighted by Gasteiger charge is 2.27. The van der Waals surface area contributed by atoms with Crippen LogP contribution >= 0.6 is 0 Å². The minimum Gasteiger partial charge on any atom is -0.481 e. The Bertz CT molecular complexity index is 578. The maximum Gasteiger partial charge on any atom is 0.315 e. The van der Waals surface area contributed by atoms with Gasteiger partial charge in [0.2, 0.25) is 0 Å². The summed E-state index contributed by atoms with van der Waals surface area (Å²) in [6.07, 6.45) is 2.57. The Morgan fingerprint density at radius 2 is 1.75 bits per heavy atom. The molecule has 3 N–H and O–H groups in total. The van der Waals surface area contributed by atoms with E-state index in [4.69, 9.17) is 5.11 Å². The first-order valence-electron chi connectivity index (χ1n) is 8.31. The van der Waals surface area contributed by atoms with Crippen molar-refractivity contribution in [3.63, 3.8) is 0 Å². The fourth-order valence-electron chi connectivity index (χ4n) is 3.03. The number of halogens is 1. The predicted octanol–water partition coefficient (Wildman–Crippen LogP) is 3.05. The lowest BCUT2D eigenvalue weighted by Gasteiger charge is -2.29. The molecular formula is C18H25FN2O3. The molecule has 1 saturated carbocycles. The largest absolute Gasteiger partial charge is 0.481 e. The lowest BCUT2D eigenvalue weighted by atomic mass is 9.84. The van der Waals surface area contributed by atoms with Crippen LogP contribution in [-0.4, -0.2) is 29.7 Å². The molecule has 1 fully saturated rings. The third-order valence-corrected chi connectivity index (χ3v) is 4.73. The average Bonchev–Trinajstić information content (AvgIpc) is 2.54. The molecule has 0 spiro atoms. The van der Waals surface area contributed by atoms with Crippen LogP contribution in [0.1, 0.15) is 45.1 Å². The topological polar surface area (TPSA) is 78.4 Å². The lowest BCUT2D eigenvalue weighted by molar-refractivity contribution is -0.142. The van der Waals surface area contributed by atoms with E-state index in [1.807, 2.05) is 13.8 Å². The van der Waals surface area contributed by atoms with E-state index >= 15 is 0 Å². The monoisotopic (exact) mass is 336 g/mol. The molecule has 132 valence electrons. The van der Waals surface area contributed by atoms with Crippen molar-refractivity contribution in [1.29, 1.82) is 0 Å². The molecule has 0 bridgehead atoms. The summed E-state index contributed by atoms with van der Waals surface area (Å²) in [6, 6.07) is 6.05. The predicted molar refractivity (Wildman–Crippen MR) is 89.3 cm³/mol. The second-order valence-electron chi connectivity index (χ2n) is 7.10. The Morgan fingerprint density at radius 3 is 2.29 bits per heavy atom. The van der Waals surface area contributed by atoms with E-state index in [-0.39, 0.29) is 29.2 Å². The van der Waals surface area contributed by atoms with Gasteiger partial charge < -0.3 is 15.7 Å². The van der Waals surface area contributed by atoms with Gasteiger partial charge in [-0.2, -0.15) is 0 Å². The number of benzene rings is 1. The number of carbonyl (C=O) groups excluding carboxylic acids is 1. The maximum absolute atomic E-state index is 13.0. The van der Waals surface area contributed by atoms with Crippen LogP contribution in [0.15, 0.2) is 24.3 Å². The van der Waals surface area contributed by atoms with Crippen molar-refractivity contribution < 1.29 is 19.1 Å². The fourth-order valence-corrected chi connectivity index (χ4v) is 3.03. The van der Waals surface area contributed by atoms with Crippen molar-refractivity contribution in [1.82, 2.24) is 10.6 Å². The van der Waals surface area contributed by atoms with Gasteiger partial charge >= 0.3 is 12.0 Å². The molecule has 1 aromatic carbocycles. The number of carboxylic acid groups (broad SMARTS) is 1. The van der Waals surface area contributed by atoms with E-state index in [0.717, 1.165) is 5.56 Å². The van der Waals surface area contributed by atoms with Crippen LogP contribution < -0.4 is 10.6 Å². The van der Waals surface area contributed by atoms with Crippen molar-refractivity contribution in [3.05, 3.63) is 35.6 Å². The molecule has 0 aliphatic heterocycles. The molecule has 0 radical (unpaired) electrons. The Balaban J connectivity index is 1.78. The second kappa shape index (κ2) is 7.64. The smallest absolute Gasteiger partial charge is 0.315 e. The standard InChI is InChI=1S/C18H25FN2O3/c1-18(2,13-5-7-14(19)8-6-13)11-20-17(24)21-15-9-3-12(4-10-15)16(22)23/h5-8,12,15H,3-4,9-11H2,1-2H3,(H,22,23)(H2,20,21,24). The zero-order valence-electron chi connectivity index (χ0n) is 14.1. The number of amides is 2. The summed E-state index contributed by atoms with van der Waals surface area (Å²) in [5.74, 6) is -1.32. The molecular weight excluding hydrogens is 311 g/mol. The van der Waals surface area contributed by atoms with Gasteiger partial charge in [-0.1, -0.05) is 26.0 Å². The first-order chi connectivity index (χ1) is 11.3. The number of urea groups is 1. The van der Waals surface area contributed by atoms with E-state index in [2.05, 4.69) is 10.6 Å². The summed E-state index contributed by atoms with van der Waals surface area (Å²) >= 11 is 0. The summed E-state index contributed by atoms with van der Waals surface area (Å²) in [7, 11) is 0. The van der Waals surface area contributed by atoms with Crippen LogP contribution in [-0.2, 0) is 10.2 Å². The van der Waals surface area contributed by atoms with E-state index in [0.29, 0.717) is 32.2 Å². The Morgan fingerprint density at radius 1 is 1.17 bits per heavy atom. The quantitative estimate of drug-likeness (QED) is 0.773. The molecule has 0 unspecified atom stereocenters. The van der Waals surface area contributed by atoms with Gasteiger partial charge in [-0.25, -0.2) is 9.18 Å².